The summed E-state index contributed by atoms with van der Waals surface area (Å²) < 4.78 is 40.2. The molecule has 2 aliphatic rings. The van der Waals surface area contributed by atoms with Crippen molar-refractivity contribution in [2.24, 2.45) is 11.8 Å². The van der Waals surface area contributed by atoms with Gasteiger partial charge in [-0.3, -0.25) is 4.79 Å². The monoisotopic (exact) mass is 374 g/mol. The van der Waals surface area contributed by atoms with Crippen LogP contribution >= 0.6 is 11.6 Å². The van der Waals surface area contributed by atoms with Crippen LogP contribution in [0.4, 0.5) is 4.39 Å². The lowest BCUT2D eigenvalue weighted by Crippen LogP contribution is -2.39. The highest BCUT2D eigenvalue weighted by Gasteiger charge is 2.44. The number of piperidine rings is 1. The van der Waals surface area contributed by atoms with Crippen molar-refractivity contribution in [2.75, 3.05) is 20.6 Å². The molecule has 1 saturated carbocycles. The summed E-state index contributed by atoms with van der Waals surface area (Å²) in [6.07, 6.45) is 1.86. The summed E-state index contributed by atoms with van der Waals surface area (Å²) in [5.74, 6) is 0.0816. The first kappa shape index (κ1) is 17.6. The van der Waals surface area contributed by atoms with Gasteiger partial charge in [0.1, 0.15) is 10.7 Å². The molecule has 1 amide bonds. The van der Waals surface area contributed by atoms with E-state index in [4.69, 9.17) is 11.6 Å². The van der Waals surface area contributed by atoms with Crippen molar-refractivity contribution in [1.29, 1.82) is 0 Å². The molecule has 5 nitrogen and oxygen atoms in total. The van der Waals surface area contributed by atoms with E-state index >= 15 is 0 Å². The molecule has 1 aromatic rings. The van der Waals surface area contributed by atoms with E-state index in [1.807, 2.05) is 0 Å². The van der Waals surface area contributed by atoms with E-state index in [0.717, 1.165) is 18.6 Å². The van der Waals surface area contributed by atoms with Gasteiger partial charge in [0.05, 0.1) is 5.02 Å². The third kappa shape index (κ3) is 3.05. The van der Waals surface area contributed by atoms with Crippen LogP contribution in [0.25, 0.3) is 0 Å². The van der Waals surface area contributed by atoms with Crippen LogP contribution in [0.3, 0.4) is 0 Å². The van der Waals surface area contributed by atoms with Crippen molar-refractivity contribution in [3.8, 4) is 0 Å². The molecule has 3 rings (SSSR count). The minimum Gasteiger partial charge on any atom is -0.345 e. The van der Waals surface area contributed by atoms with E-state index in [9.17, 15) is 17.6 Å². The molecule has 1 heterocycles. The van der Waals surface area contributed by atoms with Gasteiger partial charge in [0, 0.05) is 33.1 Å². The molecular formula is C16H20ClFN2O3S. The predicted octanol–water partition coefficient (Wildman–Crippen LogP) is 2.36. The van der Waals surface area contributed by atoms with Gasteiger partial charge < -0.3 is 4.90 Å². The van der Waals surface area contributed by atoms with Gasteiger partial charge >= 0.3 is 0 Å². The second-order valence-corrected chi connectivity index (χ2v) is 9.09. The average Bonchev–Trinajstić information content (AvgIpc) is 2.89. The number of carbonyl (C=O) groups is 1. The standard InChI is InChI=1S/C16H20ClFN2O3S/c1-19-9-11-6-13(5-10(11)7-16(19)21)20(2)24(22,23)15-4-3-12(18)8-14(15)17/h3-4,8,10-11,13H,5-7,9H2,1-2H3/t10-,11+,13-/m0/s1. The van der Waals surface area contributed by atoms with E-state index in [1.165, 1.54) is 17.4 Å². The zero-order chi connectivity index (χ0) is 17.6. The Hall–Kier alpha value is -1.18. The van der Waals surface area contributed by atoms with E-state index in [1.54, 1.807) is 11.9 Å². The Morgan fingerprint density at radius 2 is 1.96 bits per heavy atom. The Morgan fingerprint density at radius 3 is 2.62 bits per heavy atom. The Bertz CT molecular complexity index is 771. The maximum Gasteiger partial charge on any atom is 0.244 e. The van der Waals surface area contributed by atoms with Crippen molar-refractivity contribution in [3.05, 3.63) is 29.0 Å². The van der Waals surface area contributed by atoms with Crippen LogP contribution in [0, 0.1) is 17.7 Å². The molecule has 8 heteroatoms. The van der Waals surface area contributed by atoms with Gasteiger partial charge in [0.25, 0.3) is 0 Å². The second-order valence-electron chi connectivity index (χ2n) is 6.72. The van der Waals surface area contributed by atoms with E-state index in [0.29, 0.717) is 25.3 Å². The molecule has 0 spiro atoms. The molecule has 0 aromatic heterocycles. The number of hydrogen-bond donors (Lipinski definition) is 0. The summed E-state index contributed by atoms with van der Waals surface area (Å²) in [6, 6.07) is 3.12. The van der Waals surface area contributed by atoms with Crippen LogP contribution in [0.15, 0.2) is 23.1 Å². The van der Waals surface area contributed by atoms with Crippen molar-refractivity contribution in [3.63, 3.8) is 0 Å². The number of amides is 1. The number of sulfonamides is 1. The Kier molecular flexibility index (Phi) is 4.61. The zero-order valence-corrected chi connectivity index (χ0v) is 15.1. The number of rotatable bonds is 3. The van der Waals surface area contributed by atoms with Crippen LogP contribution in [-0.4, -0.2) is 50.2 Å². The fraction of sp³-hybridized carbons (Fsp3) is 0.562. The molecule has 1 saturated heterocycles. The molecule has 0 radical (unpaired) electrons. The van der Waals surface area contributed by atoms with Gasteiger partial charge in [-0.2, -0.15) is 4.31 Å². The summed E-state index contributed by atoms with van der Waals surface area (Å²) in [5.41, 5.74) is 0. The quantitative estimate of drug-likeness (QED) is 0.816. The molecule has 0 unspecified atom stereocenters. The maximum absolute atomic E-state index is 13.2. The van der Waals surface area contributed by atoms with Crippen molar-refractivity contribution in [2.45, 2.75) is 30.2 Å². The van der Waals surface area contributed by atoms with Gasteiger partial charge in [-0.15, -0.1) is 0 Å². The molecule has 3 atom stereocenters. The number of likely N-dealkylation sites (tertiary alicyclic amines) is 1. The fourth-order valence-electron chi connectivity index (χ4n) is 3.82. The summed E-state index contributed by atoms with van der Waals surface area (Å²) >= 11 is 5.93. The lowest BCUT2D eigenvalue weighted by Gasteiger charge is -2.31. The van der Waals surface area contributed by atoms with Crippen LogP contribution in [0.2, 0.25) is 5.02 Å². The van der Waals surface area contributed by atoms with E-state index < -0.39 is 15.8 Å². The number of halogens is 2. The highest BCUT2D eigenvalue weighted by atomic mass is 35.5. The second kappa shape index (κ2) is 6.28. The molecule has 1 aliphatic heterocycles. The average molecular weight is 375 g/mol. The molecule has 0 N–H and O–H groups in total. The zero-order valence-electron chi connectivity index (χ0n) is 13.6. The number of hydrogen-bond acceptors (Lipinski definition) is 3. The van der Waals surface area contributed by atoms with Crippen LogP contribution < -0.4 is 0 Å². The number of nitrogens with zero attached hydrogens (tertiary/aromatic N) is 2. The topological polar surface area (TPSA) is 57.7 Å². The third-order valence-corrected chi connectivity index (χ3v) is 7.65. The fourth-order valence-corrected chi connectivity index (χ4v) is 5.70. The van der Waals surface area contributed by atoms with Gasteiger partial charge in [0.15, 0.2) is 0 Å². The summed E-state index contributed by atoms with van der Waals surface area (Å²) in [5, 5.41) is -0.118. The first-order chi connectivity index (χ1) is 11.2. The molecule has 24 heavy (non-hydrogen) atoms. The summed E-state index contributed by atoms with van der Waals surface area (Å²) in [6.45, 7) is 0.672. The van der Waals surface area contributed by atoms with Gasteiger partial charge in [-0.1, -0.05) is 11.6 Å². The number of benzene rings is 1. The van der Waals surface area contributed by atoms with E-state index in [-0.39, 0.29) is 27.8 Å². The predicted molar refractivity (Wildman–Crippen MR) is 88.6 cm³/mol. The normalized spacial score (nSPS) is 27.6. The number of carbonyl (C=O) groups excluding carboxylic acids is 1. The van der Waals surface area contributed by atoms with Crippen molar-refractivity contribution < 1.29 is 17.6 Å². The molecule has 2 fully saturated rings. The molecule has 132 valence electrons. The minimum absolute atomic E-state index is 0.0869. The summed E-state index contributed by atoms with van der Waals surface area (Å²) in [7, 11) is -0.491. The summed E-state index contributed by atoms with van der Waals surface area (Å²) in [4.78, 5) is 13.5. The van der Waals surface area contributed by atoms with Crippen molar-refractivity contribution >= 4 is 27.5 Å². The van der Waals surface area contributed by atoms with Gasteiger partial charge in [-0.25, -0.2) is 12.8 Å². The smallest absolute Gasteiger partial charge is 0.244 e. The van der Waals surface area contributed by atoms with Crippen LogP contribution in [-0.2, 0) is 14.8 Å². The first-order valence-electron chi connectivity index (χ1n) is 7.87. The van der Waals surface area contributed by atoms with Crippen LogP contribution in [0.1, 0.15) is 19.3 Å². The molecule has 1 aromatic carbocycles. The van der Waals surface area contributed by atoms with Crippen LogP contribution in [0.5, 0.6) is 0 Å². The third-order valence-electron chi connectivity index (χ3n) is 5.25. The largest absolute Gasteiger partial charge is 0.345 e. The number of fused-ring (bicyclic) bond motifs is 1. The Balaban J connectivity index is 1.81. The Morgan fingerprint density at radius 1 is 1.29 bits per heavy atom. The molecule has 1 aliphatic carbocycles. The first-order valence-corrected chi connectivity index (χ1v) is 9.69. The highest BCUT2D eigenvalue weighted by Crippen LogP contribution is 2.41. The van der Waals surface area contributed by atoms with Gasteiger partial charge in [-0.05, 0) is 42.9 Å². The maximum atomic E-state index is 13.2. The SMILES string of the molecule is CN1C[C@H]2C[C@@H](N(C)S(=O)(=O)c3ccc(F)cc3Cl)C[C@H]2CC1=O. The van der Waals surface area contributed by atoms with E-state index in [2.05, 4.69) is 0 Å². The highest BCUT2D eigenvalue weighted by molar-refractivity contribution is 7.89. The Labute approximate surface area is 146 Å². The molecular weight excluding hydrogens is 355 g/mol. The molecule has 0 bridgehead atoms. The lowest BCUT2D eigenvalue weighted by atomic mass is 9.88. The minimum atomic E-state index is -3.80. The van der Waals surface area contributed by atoms with Gasteiger partial charge in [0.2, 0.25) is 15.9 Å². The lowest BCUT2D eigenvalue weighted by molar-refractivity contribution is -0.134. The van der Waals surface area contributed by atoms with Crippen molar-refractivity contribution in [1.82, 2.24) is 9.21 Å².